The standard InChI is InChI=1S/C26H46N4O4/c1-2-4-25(5-3-1)22-26-23-29-10-18-31-14-6-27-7-15-32-19-11-30(24-26)13-21-34-17-9-28-8-16-33-20-12-29/h1-5,26-28H,6-24H2. The third kappa shape index (κ3) is 12.6. The summed E-state index contributed by atoms with van der Waals surface area (Å²) in [6.07, 6.45) is 1.06. The van der Waals surface area contributed by atoms with Crippen molar-refractivity contribution in [1.82, 2.24) is 20.4 Å². The van der Waals surface area contributed by atoms with Crippen molar-refractivity contribution in [3.63, 3.8) is 0 Å². The fourth-order valence-electron chi connectivity index (χ4n) is 4.46. The normalized spacial score (nSPS) is 28.5. The number of nitrogens with zero attached hydrogens (tertiary/aromatic N) is 2. The first-order chi connectivity index (χ1) is 16.9. The topological polar surface area (TPSA) is 67.5 Å². The summed E-state index contributed by atoms with van der Waals surface area (Å²) in [4.78, 5) is 5.05. The van der Waals surface area contributed by atoms with E-state index in [0.29, 0.717) is 5.92 Å². The highest BCUT2D eigenvalue weighted by Crippen LogP contribution is 2.13. The van der Waals surface area contributed by atoms with Gasteiger partial charge in [0.15, 0.2) is 0 Å². The molecule has 3 rings (SSSR count). The molecule has 8 nitrogen and oxygen atoms in total. The molecule has 34 heavy (non-hydrogen) atoms. The summed E-state index contributed by atoms with van der Waals surface area (Å²) in [5.74, 6) is 0.506. The first kappa shape index (κ1) is 27.5. The van der Waals surface area contributed by atoms with E-state index in [2.05, 4.69) is 50.8 Å². The minimum absolute atomic E-state index is 0.506. The third-order valence-electron chi connectivity index (χ3n) is 6.30. The Hall–Kier alpha value is -1.10. The molecular weight excluding hydrogens is 432 g/mol. The van der Waals surface area contributed by atoms with Gasteiger partial charge in [-0.2, -0.15) is 0 Å². The lowest BCUT2D eigenvalue weighted by molar-refractivity contribution is 0.0454. The molecule has 2 saturated heterocycles. The molecule has 8 heteroatoms. The van der Waals surface area contributed by atoms with Crippen molar-refractivity contribution in [3.05, 3.63) is 35.9 Å². The highest BCUT2D eigenvalue weighted by Gasteiger charge is 2.19. The zero-order valence-electron chi connectivity index (χ0n) is 20.9. The lowest BCUT2D eigenvalue weighted by Gasteiger charge is -2.32. The molecule has 194 valence electrons. The Morgan fingerprint density at radius 1 is 0.588 bits per heavy atom. The minimum Gasteiger partial charge on any atom is -0.379 e. The predicted octanol–water partition coefficient (Wildman–Crippen LogP) is 0.722. The largest absolute Gasteiger partial charge is 0.379 e. The smallest absolute Gasteiger partial charge is 0.0594 e. The first-order valence-electron chi connectivity index (χ1n) is 13.1. The van der Waals surface area contributed by atoms with Crippen molar-refractivity contribution >= 4 is 0 Å². The number of ether oxygens (including phenoxy) is 4. The van der Waals surface area contributed by atoms with Crippen LogP contribution in [-0.2, 0) is 25.4 Å². The minimum atomic E-state index is 0.506. The Balaban J connectivity index is 1.71. The van der Waals surface area contributed by atoms with E-state index in [0.717, 1.165) is 125 Å². The summed E-state index contributed by atoms with van der Waals surface area (Å²) < 4.78 is 23.7. The van der Waals surface area contributed by atoms with Crippen LogP contribution in [0.1, 0.15) is 5.56 Å². The van der Waals surface area contributed by atoms with Gasteiger partial charge in [-0.15, -0.1) is 0 Å². The molecule has 1 aromatic rings. The van der Waals surface area contributed by atoms with E-state index in [-0.39, 0.29) is 0 Å². The zero-order chi connectivity index (χ0) is 23.5. The molecule has 2 bridgehead atoms. The van der Waals surface area contributed by atoms with Crippen LogP contribution in [-0.4, -0.2) is 128 Å². The van der Waals surface area contributed by atoms with Gasteiger partial charge < -0.3 is 29.6 Å². The molecule has 2 fully saturated rings. The van der Waals surface area contributed by atoms with Crippen molar-refractivity contribution < 1.29 is 18.9 Å². The average molecular weight is 479 g/mol. The van der Waals surface area contributed by atoms with Crippen molar-refractivity contribution in [1.29, 1.82) is 0 Å². The van der Waals surface area contributed by atoms with Gasteiger partial charge in [0.1, 0.15) is 0 Å². The number of benzene rings is 1. The van der Waals surface area contributed by atoms with Crippen LogP contribution in [0.25, 0.3) is 0 Å². The molecule has 2 aliphatic rings. The van der Waals surface area contributed by atoms with Crippen LogP contribution in [0.5, 0.6) is 0 Å². The Morgan fingerprint density at radius 2 is 1.00 bits per heavy atom. The summed E-state index contributed by atoms with van der Waals surface area (Å²) in [7, 11) is 0. The van der Waals surface area contributed by atoms with Gasteiger partial charge in [0.05, 0.1) is 52.9 Å². The summed E-state index contributed by atoms with van der Waals surface area (Å²) in [5.41, 5.74) is 1.40. The monoisotopic (exact) mass is 478 g/mol. The molecule has 2 N–H and O–H groups in total. The number of fused-ring (bicyclic) bond motifs is 4. The lowest BCUT2D eigenvalue weighted by Crippen LogP contribution is -2.43. The van der Waals surface area contributed by atoms with Crippen LogP contribution in [0.4, 0.5) is 0 Å². The van der Waals surface area contributed by atoms with Crippen LogP contribution in [0, 0.1) is 5.92 Å². The maximum atomic E-state index is 5.92. The Labute approximate surface area is 206 Å². The summed E-state index contributed by atoms with van der Waals surface area (Å²) in [5, 5.41) is 6.79. The molecule has 0 saturated carbocycles. The predicted molar refractivity (Wildman–Crippen MR) is 136 cm³/mol. The number of nitrogens with one attached hydrogen (secondary N) is 2. The molecule has 0 aromatic heterocycles. The van der Waals surface area contributed by atoms with Gasteiger partial charge in [0.2, 0.25) is 0 Å². The second-order valence-corrected chi connectivity index (χ2v) is 9.11. The average Bonchev–Trinajstić information content (AvgIpc) is 2.84. The van der Waals surface area contributed by atoms with Crippen molar-refractivity contribution in [3.8, 4) is 0 Å². The molecule has 0 amide bonds. The van der Waals surface area contributed by atoms with Gasteiger partial charge >= 0.3 is 0 Å². The second-order valence-electron chi connectivity index (χ2n) is 9.11. The summed E-state index contributed by atoms with van der Waals surface area (Å²) >= 11 is 0. The Bertz CT molecular complexity index is 554. The maximum absolute atomic E-state index is 5.92. The zero-order valence-corrected chi connectivity index (χ0v) is 20.9. The maximum Gasteiger partial charge on any atom is 0.0594 e. The van der Waals surface area contributed by atoms with Gasteiger partial charge in [-0.3, -0.25) is 9.80 Å². The van der Waals surface area contributed by atoms with Crippen LogP contribution >= 0.6 is 0 Å². The SMILES string of the molecule is c1ccc(CC2CN3CCOCCNCCOCCN(CCOCCNCCOCC3)C2)cc1. The molecule has 2 heterocycles. The third-order valence-corrected chi connectivity index (χ3v) is 6.30. The van der Waals surface area contributed by atoms with Gasteiger partial charge in [0, 0.05) is 65.4 Å². The van der Waals surface area contributed by atoms with Crippen LogP contribution in [0.15, 0.2) is 30.3 Å². The molecule has 0 unspecified atom stereocenters. The van der Waals surface area contributed by atoms with Gasteiger partial charge in [-0.25, -0.2) is 0 Å². The molecule has 2 aliphatic heterocycles. The van der Waals surface area contributed by atoms with E-state index in [1.807, 2.05) is 0 Å². The lowest BCUT2D eigenvalue weighted by atomic mass is 9.97. The molecule has 0 atom stereocenters. The molecule has 0 radical (unpaired) electrons. The second kappa shape index (κ2) is 18.2. The molecule has 0 aliphatic carbocycles. The molecule has 0 spiro atoms. The van der Waals surface area contributed by atoms with Crippen molar-refractivity contribution in [2.45, 2.75) is 6.42 Å². The van der Waals surface area contributed by atoms with Gasteiger partial charge in [-0.05, 0) is 17.9 Å². The van der Waals surface area contributed by atoms with Crippen LogP contribution in [0.3, 0.4) is 0 Å². The van der Waals surface area contributed by atoms with E-state index < -0.39 is 0 Å². The van der Waals surface area contributed by atoms with Crippen molar-refractivity contribution in [2.24, 2.45) is 5.92 Å². The van der Waals surface area contributed by atoms with Crippen molar-refractivity contribution in [2.75, 3.05) is 118 Å². The van der Waals surface area contributed by atoms with E-state index >= 15 is 0 Å². The van der Waals surface area contributed by atoms with E-state index in [1.165, 1.54) is 5.56 Å². The van der Waals surface area contributed by atoms with E-state index in [1.54, 1.807) is 0 Å². The highest BCUT2D eigenvalue weighted by molar-refractivity contribution is 5.15. The number of hydrogen-bond donors (Lipinski definition) is 2. The first-order valence-corrected chi connectivity index (χ1v) is 13.1. The van der Waals surface area contributed by atoms with Crippen LogP contribution in [0.2, 0.25) is 0 Å². The Kier molecular flexibility index (Phi) is 14.7. The molecule has 1 aromatic carbocycles. The van der Waals surface area contributed by atoms with Gasteiger partial charge in [-0.1, -0.05) is 30.3 Å². The van der Waals surface area contributed by atoms with E-state index in [9.17, 15) is 0 Å². The fraction of sp³-hybridized carbons (Fsp3) is 0.769. The van der Waals surface area contributed by atoms with Gasteiger partial charge in [0.25, 0.3) is 0 Å². The highest BCUT2D eigenvalue weighted by atomic mass is 16.5. The fourth-order valence-corrected chi connectivity index (χ4v) is 4.46. The van der Waals surface area contributed by atoms with Crippen LogP contribution < -0.4 is 10.6 Å². The van der Waals surface area contributed by atoms with E-state index in [4.69, 9.17) is 18.9 Å². The summed E-state index contributed by atoms with van der Waals surface area (Å²) in [6, 6.07) is 10.9. The molecular formula is C26H46N4O4. The number of rotatable bonds is 2. The number of hydrogen-bond acceptors (Lipinski definition) is 8. The summed E-state index contributed by atoms with van der Waals surface area (Å²) in [6.45, 7) is 15.1. The Morgan fingerprint density at radius 3 is 1.41 bits per heavy atom. The quantitative estimate of drug-likeness (QED) is 0.645.